The van der Waals surface area contributed by atoms with E-state index in [1.165, 1.54) is 12.1 Å². The Kier molecular flexibility index (Phi) is 7.07. The van der Waals surface area contributed by atoms with E-state index in [-0.39, 0.29) is 35.4 Å². The summed E-state index contributed by atoms with van der Waals surface area (Å²) in [4.78, 5) is 12.0. The highest BCUT2D eigenvalue weighted by Gasteiger charge is 2.22. The lowest BCUT2D eigenvalue weighted by Crippen LogP contribution is -2.25. The zero-order chi connectivity index (χ0) is 22.6. The van der Waals surface area contributed by atoms with Gasteiger partial charge >= 0.3 is 6.61 Å². The number of carbonyl (C=O) groups excluding carboxylic acids is 1. The molecule has 1 aliphatic carbocycles. The average Bonchev–Trinajstić information content (AvgIpc) is 2.72. The fourth-order valence-corrected chi connectivity index (χ4v) is 4.29. The van der Waals surface area contributed by atoms with Crippen molar-refractivity contribution < 1.29 is 26.7 Å². The molecule has 2 aromatic carbocycles. The summed E-state index contributed by atoms with van der Waals surface area (Å²) in [5.41, 5.74) is 2.82. The van der Waals surface area contributed by atoms with Crippen molar-refractivity contribution in [3.63, 3.8) is 0 Å². The number of anilines is 1. The number of nitrogens with one attached hydrogen (secondary N) is 2. The highest BCUT2D eigenvalue weighted by Crippen LogP contribution is 2.30. The van der Waals surface area contributed by atoms with Gasteiger partial charge in [0.15, 0.2) is 0 Å². The van der Waals surface area contributed by atoms with Gasteiger partial charge in [0.25, 0.3) is 0 Å². The van der Waals surface area contributed by atoms with Crippen molar-refractivity contribution in [3.05, 3.63) is 64.1 Å². The van der Waals surface area contributed by atoms with Crippen molar-refractivity contribution in [1.82, 2.24) is 4.72 Å². The largest absolute Gasteiger partial charge is 0.435 e. The molecule has 0 bridgehead atoms. The first kappa shape index (κ1) is 22.9. The van der Waals surface area contributed by atoms with Gasteiger partial charge in [0, 0.05) is 18.2 Å². The first-order valence-electron chi connectivity index (χ1n) is 9.82. The molecule has 0 aliphatic heterocycles. The van der Waals surface area contributed by atoms with Crippen molar-refractivity contribution >= 4 is 27.7 Å². The van der Waals surface area contributed by atoms with Gasteiger partial charge < -0.3 is 10.1 Å². The van der Waals surface area contributed by atoms with Gasteiger partial charge in [0.05, 0.1) is 4.91 Å². The van der Waals surface area contributed by atoms with Crippen LogP contribution in [0.4, 0.5) is 14.5 Å². The van der Waals surface area contributed by atoms with E-state index in [1.807, 2.05) is 0 Å². The summed E-state index contributed by atoms with van der Waals surface area (Å²) in [7, 11) is -3.70. The van der Waals surface area contributed by atoms with Crippen LogP contribution in [-0.4, -0.2) is 20.9 Å². The molecule has 0 saturated carbocycles. The summed E-state index contributed by atoms with van der Waals surface area (Å²) in [5, 5.41) is 2.78. The van der Waals surface area contributed by atoms with Crippen molar-refractivity contribution in [2.75, 3.05) is 5.32 Å². The number of hydrogen-bond acceptors (Lipinski definition) is 4. The van der Waals surface area contributed by atoms with Crippen LogP contribution < -0.4 is 14.8 Å². The first-order chi connectivity index (χ1) is 14.6. The number of hydrogen-bond donors (Lipinski definition) is 2. The lowest BCUT2D eigenvalue weighted by atomic mass is 9.97. The van der Waals surface area contributed by atoms with E-state index < -0.39 is 16.6 Å². The van der Waals surface area contributed by atoms with Crippen molar-refractivity contribution in [2.24, 2.45) is 5.92 Å². The van der Waals surface area contributed by atoms with Gasteiger partial charge in [0.2, 0.25) is 15.9 Å². The van der Waals surface area contributed by atoms with E-state index in [0.717, 1.165) is 11.1 Å². The number of sulfonamides is 1. The number of fused-ring (bicyclic) bond motifs is 1. The molecule has 2 N–H and O–H groups in total. The highest BCUT2D eigenvalue weighted by molar-refractivity contribution is 7.93. The molecule has 9 heteroatoms. The second-order valence-electron chi connectivity index (χ2n) is 7.52. The molecule has 0 spiro atoms. The summed E-state index contributed by atoms with van der Waals surface area (Å²) >= 11 is 0. The Morgan fingerprint density at radius 3 is 2.45 bits per heavy atom. The third kappa shape index (κ3) is 6.11. The number of carbonyl (C=O) groups is 1. The Labute approximate surface area is 180 Å². The third-order valence-electron chi connectivity index (χ3n) is 4.85. The smallest absolute Gasteiger partial charge is 0.387 e. The van der Waals surface area contributed by atoms with E-state index in [4.69, 9.17) is 0 Å². The summed E-state index contributed by atoms with van der Waals surface area (Å²) in [5.74, 6) is -0.172. The molecule has 0 fully saturated rings. The Balaban J connectivity index is 1.65. The molecule has 0 heterocycles. The lowest BCUT2D eigenvalue weighted by molar-refractivity contribution is -0.118. The number of halogens is 2. The third-order valence-corrected chi connectivity index (χ3v) is 6.39. The predicted molar refractivity (Wildman–Crippen MR) is 115 cm³/mol. The van der Waals surface area contributed by atoms with Crippen LogP contribution in [0.15, 0.2) is 47.4 Å². The fourth-order valence-electron chi connectivity index (χ4n) is 3.09. The van der Waals surface area contributed by atoms with Gasteiger partial charge in [0.1, 0.15) is 5.75 Å². The summed E-state index contributed by atoms with van der Waals surface area (Å²) in [6.07, 6.45) is 2.23. The van der Waals surface area contributed by atoms with Crippen LogP contribution in [0.25, 0.3) is 6.08 Å². The molecular formula is C22H24F2N2O4S. The van der Waals surface area contributed by atoms with Gasteiger partial charge in [-0.1, -0.05) is 32.0 Å². The number of benzene rings is 2. The highest BCUT2D eigenvalue weighted by atomic mass is 32.2. The lowest BCUT2D eigenvalue weighted by Gasteiger charge is -2.18. The second kappa shape index (κ2) is 9.57. The number of ether oxygens (including phenoxy) is 1. The van der Waals surface area contributed by atoms with Crippen LogP contribution in [0, 0.1) is 5.92 Å². The zero-order valence-electron chi connectivity index (χ0n) is 17.2. The van der Waals surface area contributed by atoms with Gasteiger partial charge in [-0.25, -0.2) is 13.1 Å². The first-order valence-corrected chi connectivity index (χ1v) is 11.3. The molecule has 0 unspecified atom stereocenters. The fraction of sp³-hybridized carbons (Fsp3) is 0.318. The molecule has 0 aromatic heterocycles. The predicted octanol–water partition coefficient (Wildman–Crippen LogP) is 4.29. The Hall–Kier alpha value is -2.78. The summed E-state index contributed by atoms with van der Waals surface area (Å²) < 4.78 is 57.1. The molecule has 0 atom stereocenters. The minimum absolute atomic E-state index is 0.0552. The number of allylic oxidation sites excluding steroid dienone is 1. The molecule has 6 nitrogen and oxygen atoms in total. The number of aryl methyl sites for hydroxylation is 1. The van der Waals surface area contributed by atoms with Crippen LogP contribution in [0.3, 0.4) is 0 Å². The monoisotopic (exact) mass is 450 g/mol. The second-order valence-corrected chi connectivity index (χ2v) is 9.34. The Morgan fingerprint density at radius 1 is 1.10 bits per heavy atom. The Morgan fingerprint density at radius 2 is 1.81 bits per heavy atom. The van der Waals surface area contributed by atoms with E-state index >= 15 is 0 Å². The van der Waals surface area contributed by atoms with Crippen LogP contribution in [0.2, 0.25) is 0 Å². The Bertz CT molecular complexity index is 1080. The molecule has 31 heavy (non-hydrogen) atoms. The van der Waals surface area contributed by atoms with Gasteiger partial charge in [-0.15, -0.1) is 0 Å². The normalized spacial score (nSPS) is 13.7. The van der Waals surface area contributed by atoms with E-state index in [1.54, 1.807) is 50.3 Å². The average molecular weight is 451 g/mol. The van der Waals surface area contributed by atoms with Crippen LogP contribution in [0.5, 0.6) is 5.75 Å². The molecular weight excluding hydrogens is 426 g/mol. The SMILES string of the molecule is CC(C)C(=O)Nc1ccc(CNS(=O)(=O)C2=Cc3ccc(OC(F)F)cc3CC2)cc1. The van der Waals surface area contributed by atoms with Crippen molar-refractivity contribution in [3.8, 4) is 5.75 Å². The summed E-state index contributed by atoms with van der Waals surface area (Å²) in [6, 6.07) is 11.4. The van der Waals surface area contributed by atoms with Gasteiger partial charge in [-0.05, 0) is 59.9 Å². The standard InChI is InChI=1S/C22H24F2N2O4S/c1-14(2)21(27)26-18-7-3-15(4-8-18)13-25-31(28,29)20-10-6-16-11-19(30-22(23)24)9-5-17(16)12-20/h3-5,7-9,11-12,14,22,25H,6,10,13H2,1-2H3,(H,26,27). The molecule has 1 aliphatic rings. The van der Waals surface area contributed by atoms with Crippen molar-refractivity contribution in [2.45, 2.75) is 39.8 Å². The maximum absolute atomic E-state index is 12.7. The molecule has 2 aromatic rings. The van der Waals surface area contributed by atoms with Gasteiger partial charge in [-0.2, -0.15) is 8.78 Å². The molecule has 0 radical (unpaired) electrons. The van der Waals surface area contributed by atoms with Crippen molar-refractivity contribution in [1.29, 1.82) is 0 Å². The zero-order valence-corrected chi connectivity index (χ0v) is 18.0. The van der Waals surface area contributed by atoms with Gasteiger partial charge in [-0.3, -0.25) is 4.79 Å². The summed E-state index contributed by atoms with van der Waals surface area (Å²) in [6.45, 7) is 0.796. The van der Waals surface area contributed by atoms with E-state index in [0.29, 0.717) is 17.7 Å². The quantitative estimate of drug-likeness (QED) is 0.629. The van der Waals surface area contributed by atoms with Crippen LogP contribution >= 0.6 is 0 Å². The maximum Gasteiger partial charge on any atom is 0.387 e. The molecule has 166 valence electrons. The van der Waals surface area contributed by atoms with E-state index in [9.17, 15) is 22.0 Å². The molecule has 0 saturated heterocycles. The van der Waals surface area contributed by atoms with Crippen LogP contribution in [0.1, 0.15) is 37.0 Å². The topological polar surface area (TPSA) is 84.5 Å². The minimum atomic E-state index is -3.70. The van der Waals surface area contributed by atoms with Crippen LogP contribution in [-0.2, 0) is 27.8 Å². The number of amides is 1. The minimum Gasteiger partial charge on any atom is -0.435 e. The maximum atomic E-state index is 12.7. The number of alkyl halides is 2. The number of rotatable bonds is 8. The molecule has 1 amide bonds. The van der Waals surface area contributed by atoms with E-state index in [2.05, 4.69) is 14.8 Å². The molecule has 3 rings (SSSR count).